The lowest BCUT2D eigenvalue weighted by molar-refractivity contribution is -0.135. The second-order valence-electron chi connectivity index (χ2n) is 13.9. The van der Waals surface area contributed by atoms with E-state index < -0.39 is 35.0 Å². The van der Waals surface area contributed by atoms with Crippen LogP contribution < -0.4 is 9.64 Å². The number of carbonyl (C=O) groups excluding carboxylic acids is 4. The number of allylic oxidation sites excluding steroid dienone is 5. The number of phenols is 1. The third-order valence-corrected chi connectivity index (χ3v) is 11.5. The fourth-order valence-corrected chi connectivity index (χ4v) is 9.14. The molecule has 1 N–H and O–H groups in total. The van der Waals surface area contributed by atoms with Gasteiger partial charge in [-0.25, -0.2) is 0 Å². The van der Waals surface area contributed by atoms with Gasteiger partial charge in [0.1, 0.15) is 0 Å². The number of ketones is 2. The van der Waals surface area contributed by atoms with Crippen molar-refractivity contribution < 1.29 is 29.0 Å². The van der Waals surface area contributed by atoms with Gasteiger partial charge >= 0.3 is 0 Å². The topological polar surface area (TPSA) is 101 Å². The van der Waals surface area contributed by atoms with E-state index >= 15 is 9.59 Å². The highest BCUT2D eigenvalue weighted by Crippen LogP contribution is 2.61. The van der Waals surface area contributed by atoms with E-state index in [1.165, 1.54) is 18.1 Å². The Labute approximate surface area is 302 Å². The van der Waals surface area contributed by atoms with Crippen molar-refractivity contribution in [2.45, 2.75) is 18.3 Å². The first-order valence-corrected chi connectivity index (χ1v) is 17.5. The van der Waals surface area contributed by atoms with E-state index in [9.17, 15) is 14.7 Å². The molecule has 52 heavy (non-hydrogen) atoms. The summed E-state index contributed by atoms with van der Waals surface area (Å²) in [5.41, 5.74) is 3.40. The summed E-state index contributed by atoms with van der Waals surface area (Å²) < 4.78 is 5.37. The number of amides is 2. The van der Waals surface area contributed by atoms with Gasteiger partial charge in [-0.2, -0.15) is 0 Å². The summed E-state index contributed by atoms with van der Waals surface area (Å²) in [6.07, 6.45) is 9.67. The second kappa shape index (κ2) is 12.9. The quantitative estimate of drug-likeness (QED) is 0.159. The molecule has 1 saturated heterocycles. The molecule has 3 aliphatic carbocycles. The number of imide groups is 1. The molecule has 8 rings (SSSR count). The zero-order valence-electron chi connectivity index (χ0n) is 28.6. The number of rotatable bonds is 7. The number of nitrogens with zero attached hydrogens (tertiary/aromatic N) is 1. The maximum absolute atomic E-state index is 15.1. The Morgan fingerprint density at radius 1 is 0.846 bits per heavy atom. The molecule has 0 aromatic heterocycles. The van der Waals surface area contributed by atoms with Crippen LogP contribution >= 0.6 is 0 Å². The van der Waals surface area contributed by atoms with E-state index in [1.54, 1.807) is 36.4 Å². The van der Waals surface area contributed by atoms with E-state index in [0.29, 0.717) is 29.0 Å². The van der Waals surface area contributed by atoms with Crippen LogP contribution in [-0.2, 0) is 24.6 Å². The fourth-order valence-electron chi connectivity index (χ4n) is 9.14. The number of Topliss-reactive ketones (excluding diaryl/α,β-unsaturated/α-hetero) is 1. The standard InChI is InChI=1S/C45H37NO6/c1-3-27-14-18-31(19-15-27)46-43(50)33-21-20-32-35(41(33)44(46)51)25-37-42(49)34(29-10-6-4-7-11-29)26-40(48)45(37,30-12-8-5-9-13-30)36(32)22-16-28-17-23-38(47)39(24-28)52-2/h3-20,22-24,26,33,35-37,41,47H,1,21,25H2,2H3/t33-,35+,36-,37-,41-,45-/m0/s1. The van der Waals surface area contributed by atoms with Crippen LogP contribution in [0.4, 0.5) is 5.69 Å². The third kappa shape index (κ3) is 5.02. The molecule has 1 aliphatic heterocycles. The number of phenolic OH excluding ortho intramolecular Hbond substituents is 1. The number of hydrogen-bond donors (Lipinski definition) is 1. The van der Waals surface area contributed by atoms with Crippen molar-refractivity contribution in [3.63, 3.8) is 0 Å². The zero-order chi connectivity index (χ0) is 36.1. The highest BCUT2D eigenvalue weighted by atomic mass is 16.5. The Balaban J connectivity index is 1.31. The predicted octanol–water partition coefficient (Wildman–Crippen LogP) is 7.62. The van der Waals surface area contributed by atoms with Crippen molar-refractivity contribution in [3.8, 4) is 11.5 Å². The maximum atomic E-state index is 15.1. The summed E-state index contributed by atoms with van der Waals surface area (Å²) >= 11 is 0. The molecule has 2 amide bonds. The molecule has 4 aliphatic rings. The van der Waals surface area contributed by atoms with Crippen LogP contribution in [0.5, 0.6) is 11.5 Å². The Bertz CT molecular complexity index is 2220. The van der Waals surface area contributed by atoms with Crippen molar-refractivity contribution in [3.05, 3.63) is 156 Å². The van der Waals surface area contributed by atoms with Crippen molar-refractivity contribution in [2.75, 3.05) is 12.0 Å². The van der Waals surface area contributed by atoms with E-state index in [1.807, 2.05) is 91.0 Å². The molecular formula is C45H37NO6. The minimum absolute atomic E-state index is 0.000959. The lowest BCUT2D eigenvalue weighted by atomic mass is 9.45. The average Bonchev–Trinajstić information content (AvgIpc) is 3.44. The number of carbonyl (C=O) groups is 4. The Hall–Kier alpha value is -6.08. The maximum Gasteiger partial charge on any atom is 0.238 e. The second-order valence-corrected chi connectivity index (χ2v) is 13.9. The molecule has 1 saturated carbocycles. The first-order chi connectivity index (χ1) is 25.3. The smallest absolute Gasteiger partial charge is 0.238 e. The van der Waals surface area contributed by atoms with Gasteiger partial charge in [0.25, 0.3) is 0 Å². The molecule has 0 bridgehead atoms. The minimum Gasteiger partial charge on any atom is -0.504 e. The SMILES string of the molecule is C=Cc1ccc(N2C(=O)[C@H]3[C@H](CC=C4[C@H]3C[C@H]3C(=O)C(c5ccccc5)=CC(=O)[C@@]3(c3ccccc3)[C@H]4C=Cc3ccc(O)c(OC)c3)C2=O)cc1. The van der Waals surface area contributed by atoms with Crippen LogP contribution in [0.15, 0.2) is 134 Å². The van der Waals surface area contributed by atoms with Crippen LogP contribution in [0.25, 0.3) is 17.7 Å². The molecule has 0 unspecified atom stereocenters. The Morgan fingerprint density at radius 2 is 1.54 bits per heavy atom. The summed E-state index contributed by atoms with van der Waals surface area (Å²) in [4.78, 5) is 60.0. The number of anilines is 1. The van der Waals surface area contributed by atoms with Crippen molar-refractivity contribution in [2.24, 2.45) is 29.6 Å². The van der Waals surface area contributed by atoms with Gasteiger partial charge in [0.15, 0.2) is 23.1 Å². The predicted molar refractivity (Wildman–Crippen MR) is 200 cm³/mol. The van der Waals surface area contributed by atoms with Crippen LogP contribution in [0.1, 0.15) is 35.1 Å². The third-order valence-electron chi connectivity index (χ3n) is 11.5. The molecule has 7 nitrogen and oxygen atoms in total. The van der Waals surface area contributed by atoms with Crippen molar-refractivity contribution >= 4 is 46.8 Å². The molecule has 0 radical (unpaired) electrons. The highest BCUT2D eigenvalue weighted by Gasteiger charge is 2.65. The number of fused-ring (bicyclic) bond motifs is 4. The molecule has 1 heterocycles. The average molecular weight is 688 g/mol. The van der Waals surface area contributed by atoms with Gasteiger partial charge in [-0.1, -0.05) is 115 Å². The first kappa shape index (κ1) is 33.1. The van der Waals surface area contributed by atoms with E-state index in [4.69, 9.17) is 4.74 Å². The van der Waals surface area contributed by atoms with Crippen LogP contribution in [0, 0.1) is 29.6 Å². The molecular weight excluding hydrogens is 650 g/mol. The number of benzene rings is 4. The highest BCUT2D eigenvalue weighted by molar-refractivity contribution is 6.31. The lowest BCUT2D eigenvalue weighted by Gasteiger charge is -2.54. The van der Waals surface area contributed by atoms with E-state index in [2.05, 4.69) is 6.58 Å². The molecule has 0 spiro atoms. The number of aromatic hydroxyl groups is 1. The molecule has 258 valence electrons. The van der Waals surface area contributed by atoms with Gasteiger partial charge < -0.3 is 9.84 Å². The summed E-state index contributed by atoms with van der Waals surface area (Å²) in [6.45, 7) is 3.81. The molecule has 2 fully saturated rings. The van der Waals surface area contributed by atoms with Crippen molar-refractivity contribution in [1.29, 1.82) is 0 Å². The molecule has 4 aromatic carbocycles. The lowest BCUT2D eigenvalue weighted by Crippen LogP contribution is -2.59. The summed E-state index contributed by atoms with van der Waals surface area (Å²) in [5.74, 6) is -3.79. The monoisotopic (exact) mass is 687 g/mol. The summed E-state index contributed by atoms with van der Waals surface area (Å²) in [6, 6.07) is 30.9. The fraction of sp³-hybridized carbons (Fsp3) is 0.200. The van der Waals surface area contributed by atoms with Gasteiger partial charge in [0.05, 0.1) is 30.0 Å². The Kier molecular flexibility index (Phi) is 8.22. The van der Waals surface area contributed by atoms with Crippen LogP contribution in [-0.4, -0.2) is 35.6 Å². The largest absolute Gasteiger partial charge is 0.504 e. The number of ether oxygens (including phenoxy) is 1. The van der Waals surface area contributed by atoms with Gasteiger partial charge in [0.2, 0.25) is 11.8 Å². The molecule has 4 aromatic rings. The van der Waals surface area contributed by atoms with E-state index in [0.717, 1.165) is 22.3 Å². The van der Waals surface area contributed by atoms with Gasteiger partial charge in [-0.05, 0) is 71.4 Å². The van der Waals surface area contributed by atoms with Crippen LogP contribution in [0.3, 0.4) is 0 Å². The molecule has 7 heteroatoms. The van der Waals surface area contributed by atoms with Crippen LogP contribution in [0.2, 0.25) is 0 Å². The summed E-state index contributed by atoms with van der Waals surface area (Å²) in [7, 11) is 1.48. The zero-order valence-corrected chi connectivity index (χ0v) is 28.6. The summed E-state index contributed by atoms with van der Waals surface area (Å²) in [5, 5.41) is 10.3. The normalized spacial score (nSPS) is 26.7. The van der Waals surface area contributed by atoms with Gasteiger partial charge in [-0.3, -0.25) is 24.1 Å². The van der Waals surface area contributed by atoms with Crippen molar-refractivity contribution in [1.82, 2.24) is 0 Å². The Morgan fingerprint density at radius 3 is 2.23 bits per heavy atom. The number of methoxy groups -OCH3 is 1. The molecule has 6 atom stereocenters. The van der Waals surface area contributed by atoms with E-state index in [-0.39, 0.29) is 35.6 Å². The van der Waals surface area contributed by atoms with Gasteiger partial charge in [0, 0.05) is 17.4 Å². The first-order valence-electron chi connectivity index (χ1n) is 17.5. The minimum atomic E-state index is -1.31. The number of hydrogen-bond acceptors (Lipinski definition) is 6. The van der Waals surface area contributed by atoms with Gasteiger partial charge in [-0.15, -0.1) is 0 Å².